The minimum atomic E-state index is 0.00937. The molecule has 20 heavy (non-hydrogen) atoms. The first-order valence-corrected chi connectivity index (χ1v) is 7.75. The SMILES string of the molecule is Cc1ccc2c(c1)nc(C1(C)CCCCN1)n2C(C)C. The molecule has 3 nitrogen and oxygen atoms in total. The summed E-state index contributed by atoms with van der Waals surface area (Å²) in [4.78, 5) is 4.99. The maximum absolute atomic E-state index is 4.99. The Morgan fingerprint density at radius 2 is 2.10 bits per heavy atom. The van der Waals surface area contributed by atoms with E-state index < -0.39 is 0 Å². The van der Waals surface area contributed by atoms with Crippen molar-refractivity contribution in [3.8, 4) is 0 Å². The molecule has 2 heterocycles. The lowest BCUT2D eigenvalue weighted by Crippen LogP contribution is -2.45. The van der Waals surface area contributed by atoms with Crippen molar-refractivity contribution in [2.45, 2.75) is 58.5 Å². The number of nitrogens with one attached hydrogen (secondary N) is 1. The Kier molecular flexibility index (Phi) is 3.33. The third-order valence-corrected chi connectivity index (χ3v) is 4.47. The first kappa shape index (κ1) is 13.6. The summed E-state index contributed by atoms with van der Waals surface area (Å²) >= 11 is 0. The number of rotatable bonds is 2. The largest absolute Gasteiger partial charge is 0.324 e. The number of nitrogens with zero attached hydrogens (tertiary/aromatic N) is 2. The van der Waals surface area contributed by atoms with Gasteiger partial charge in [0.25, 0.3) is 0 Å². The van der Waals surface area contributed by atoms with Crippen LogP contribution in [0.5, 0.6) is 0 Å². The van der Waals surface area contributed by atoms with Crippen LogP contribution in [-0.4, -0.2) is 16.1 Å². The number of aryl methyl sites for hydroxylation is 1. The van der Waals surface area contributed by atoms with E-state index in [0.29, 0.717) is 6.04 Å². The Bertz CT molecular complexity index is 618. The predicted octanol–water partition coefficient (Wildman–Crippen LogP) is 3.91. The zero-order chi connectivity index (χ0) is 14.3. The van der Waals surface area contributed by atoms with Crippen molar-refractivity contribution in [1.82, 2.24) is 14.9 Å². The van der Waals surface area contributed by atoms with Gasteiger partial charge < -0.3 is 9.88 Å². The molecule has 0 aliphatic carbocycles. The van der Waals surface area contributed by atoms with Crippen molar-refractivity contribution < 1.29 is 0 Å². The molecular formula is C17H25N3. The van der Waals surface area contributed by atoms with Gasteiger partial charge in [0.2, 0.25) is 0 Å². The van der Waals surface area contributed by atoms with Gasteiger partial charge in [-0.25, -0.2) is 4.98 Å². The first-order chi connectivity index (χ1) is 9.51. The van der Waals surface area contributed by atoms with Crippen molar-refractivity contribution in [1.29, 1.82) is 0 Å². The molecule has 0 saturated carbocycles. The number of imidazole rings is 1. The maximum Gasteiger partial charge on any atom is 0.130 e. The second-order valence-corrected chi connectivity index (χ2v) is 6.61. The third kappa shape index (κ3) is 2.14. The normalized spacial score (nSPS) is 23.6. The highest BCUT2D eigenvalue weighted by Crippen LogP contribution is 2.33. The fraction of sp³-hybridized carbons (Fsp3) is 0.588. The summed E-state index contributed by atoms with van der Waals surface area (Å²) in [6, 6.07) is 7.03. The van der Waals surface area contributed by atoms with Gasteiger partial charge in [-0.15, -0.1) is 0 Å². The predicted molar refractivity (Wildman–Crippen MR) is 84.1 cm³/mol. The molecule has 0 amide bonds. The van der Waals surface area contributed by atoms with Gasteiger partial charge in [0.1, 0.15) is 5.82 Å². The highest BCUT2D eigenvalue weighted by molar-refractivity contribution is 5.77. The lowest BCUT2D eigenvalue weighted by Gasteiger charge is -2.35. The number of hydrogen-bond acceptors (Lipinski definition) is 2. The van der Waals surface area contributed by atoms with E-state index in [-0.39, 0.29) is 5.54 Å². The molecule has 108 valence electrons. The Hall–Kier alpha value is -1.35. The Morgan fingerprint density at radius 1 is 1.30 bits per heavy atom. The van der Waals surface area contributed by atoms with E-state index in [9.17, 15) is 0 Å². The Balaban J connectivity index is 2.21. The minimum absolute atomic E-state index is 0.00937. The quantitative estimate of drug-likeness (QED) is 0.897. The van der Waals surface area contributed by atoms with E-state index in [1.54, 1.807) is 0 Å². The molecule has 0 spiro atoms. The van der Waals surface area contributed by atoms with Gasteiger partial charge in [0, 0.05) is 6.04 Å². The molecule has 1 atom stereocenters. The second kappa shape index (κ2) is 4.88. The number of piperidine rings is 1. The van der Waals surface area contributed by atoms with Crippen molar-refractivity contribution >= 4 is 11.0 Å². The molecule has 1 aromatic carbocycles. The van der Waals surface area contributed by atoms with Crippen molar-refractivity contribution in [3.05, 3.63) is 29.6 Å². The smallest absolute Gasteiger partial charge is 0.130 e. The van der Waals surface area contributed by atoms with Crippen LogP contribution < -0.4 is 5.32 Å². The molecule has 1 saturated heterocycles. The lowest BCUT2D eigenvalue weighted by molar-refractivity contribution is 0.258. The Morgan fingerprint density at radius 3 is 2.75 bits per heavy atom. The van der Waals surface area contributed by atoms with Gasteiger partial charge >= 0.3 is 0 Å². The number of aromatic nitrogens is 2. The van der Waals surface area contributed by atoms with Gasteiger partial charge in [0.05, 0.1) is 16.6 Å². The molecule has 3 rings (SSSR count). The number of benzene rings is 1. The molecular weight excluding hydrogens is 246 g/mol. The van der Waals surface area contributed by atoms with E-state index in [0.717, 1.165) is 12.1 Å². The highest BCUT2D eigenvalue weighted by Gasteiger charge is 2.34. The van der Waals surface area contributed by atoms with Crippen molar-refractivity contribution in [2.75, 3.05) is 6.54 Å². The summed E-state index contributed by atoms with van der Waals surface area (Å²) in [5.41, 5.74) is 3.67. The molecule has 1 aliphatic rings. The zero-order valence-corrected chi connectivity index (χ0v) is 13.0. The number of hydrogen-bond donors (Lipinski definition) is 1. The standard InChI is InChI=1S/C17H25N3/c1-12(2)20-15-8-7-13(3)11-14(15)19-16(20)17(4)9-5-6-10-18-17/h7-8,11-12,18H,5-6,9-10H2,1-4H3. The average molecular weight is 271 g/mol. The Labute approximate surface area is 121 Å². The third-order valence-electron chi connectivity index (χ3n) is 4.47. The van der Waals surface area contributed by atoms with E-state index in [1.807, 2.05) is 0 Å². The zero-order valence-electron chi connectivity index (χ0n) is 13.0. The molecule has 0 bridgehead atoms. The van der Waals surface area contributed by atoms with Crippen LogP contribution in [0.1, 0.15) is 57.5 Å². The molecule has 1 aromatic heterocycles. The van der Waals surface area contributed by atoms with Crippen LogP contribution in [0.2, 0.25) is 0 Å². The van der Waals surface area contributed by atoms with Crippen LogP contribution in [-0.2, 0) is 5.54 Å². The fourth-order valence-corrected chi connectivity index (χ4v) is 3.37. The topological polar surface area (TPSA) is 29.9 Å². The van der Waals surface area contributed by atoms with E-state index >= 15 is 0 Å². The van der Waals surface area contributed by atoms with Crippen LogP contribution in [0.15, 0.2) is 18.2 Å². The molecule has 1 fully saturated rings. The van der Waals surface area contributed by atoms with Crippen LogP contribution in [0, 0.1) is 6.92 Å². The second-order valence-electron chi connectivity index (χ2n) is 6.61. The van der Waals surface area contributed by atoms with Gasteiger partial charge in [-0.3, -0.25) is 0 Å². The summed E-state index contributed by atoms with van der Waals surface area (Å²) < 4.78 is 2.41. The fourth-order valence-electron chi connectivity index (χ4n) is 3.37. The van der Waals surface area contributed by atoms with Crippen molar-refractivity contribution in [2.24, 2.45) is 0 Å². The average Bonchev–Trinajstić information content (AvgIpc) is 2.78. The van der Waals surface area contributed by atoms with Gasteiger partial charge in [-0.05, 0) is 71.2 Å². The summed E-state index contributed by atoms with van der Waals surface area (Å²) in [5.74, 6) is 1.20. The maximum atomic E-state index is 4.99. The number of fused-ring (bicyclic) bond motifs is 1. The summed E-state index contributed by atoms with van der Waals surface area (Å²) in [5, 5.41) is 3.70. The van der Waals surface area contributed by atoms with Crippen LogP contribution in [0.4, 0.5) is 0 Å². The van der Waals surface area contributed by atoms with E-state index in [1.165, 1.54) is 36.2 Å². The summed E-state index contributed by atoms with van der Waals surface area (Å²) in [6.07, 6.45) is 3.72. The van der Waals surface area contributed by atoms with Gasteiger partial charge in [-0.1, -0.05) is 6.07 Å². The summed E-state index contributed by atoms with van der Waals surface area (Å²) in [6.45, 7) is 10.0. The van der Waals surface area contributed by atoms with Gasteiger partial charge in [-0.2, -0.15) is 0 Å². The van der Waals surface area contributed by atoms with Crippen molar-refractivity contribution in [3.63, 3.8) is 0 Å². The van der Waals surface area contributed by atoms with E-state index in [2.05, 4.69) is 55.8 Å². The molecule has 1 N–H and O–H groups in total. The van der Waals surface area contributed by atoms with Gasteiger partial charge in [0.15, 0.2) is 0 Å². The molecule has 1 aliphatic heterocycles. The molecule has 0 radical (unpaired) electrons. The van der Waals surface area contributed by atoms with Crippen LogP contribution in [0.3, 0.4) is 0 Å². The minimum Gasteiger partial charge on any atom is -0.324 e. The van der Waals surface area contributed by atoms with Crippen LogP contribution in [0.25, 0.3) is 11.0 Å². The van der Waals surface area contributed by atoms with E-state index in [4.69, 9.17) is 4.98 Å². The lowest BCUT2D eigenvalue weighted by atomic mass is 9.90. The monoisotopic (exact) mass is 271 g/mol. The molecule has 1 unspecified atom stereocenters. The molecule has 3 heteroatoms. The molecule has 2 aromatic rings. The summed E-state index contributed by atoms with van der Waals surface area (Å²) in [7, 11) is 0. The van der Waals surface area contributed by atoms with Crippen LogP contribution >= 0.6 is 0 Å². The first-order valence-electron chi connectivity index (χ1n) is 7.75. The highest BCUT2D eigenvalue weighted by atomic mass is 15.2.